The van der Waals surface area contributed by atoms with E-state index in [9.17, 15) is 13.2 Å². The van der Waals surface area contributed by atoms with Gasteiger partial charge in [0.2, 0.25) is 9.84 Å². The number of fused-ring (bicyclic) bond motifs is 1. The highest BCUT2D eigenvalue weighted by Gasteiger charge is 2.32. The maximum atomic E-state index is 12.2. The number of benzene rings is 1. The molecule has 2 aliphatic rings. The molecular formula is C14H15NO4S. The van der Waals surface area contributed by atoms with Gasteiger partial charge in [-0.2, -0.15) is 0 Å². The van der Waals surface area contributed by atoms with Crippen LogP contribution in [-0.4, -0.2) is 44.0 Å². The summed E-state index contributed by atoms with van der Waals surface area (Å²) in [6.07, 6.45) is 2.25. The van der Waals surface area contributed by atoms with E-state index in [2.05, 4.69) is 4.90 Å². The van der Waals surface area contributed by atoms with E-state index in [4.69, 9.17) is 5.11 Å². The molecule has 1 N–H and O–H groups in total. The number of likely N-dealkylation sites (tertiary alicyclic amines) is 1. The van der Waals surface area contributed by atoms with Gasteiger partial charge in [-0.3, -0.25) is 4.90 Å². The fourth-order valence-corrected chi connectivity index (χ4v) is 4.54. The molecule has 0 unspecified atom stereocenters. The molecule has 0 atom stereocenters. The van der Waals surface area contributed by atoms with Crippen molar-refractivity contribution in [3.8, 4) is 0 Å². The van der Waals surface area contributed by atoms with E-state index < -0.39 is 15.8 Å². The molecule has 0 amide bonds. The van der Waals surface area contributed by atoms with Crippen molar-refractivity contribution >= 4 is 21.4 Å². The minimum atomic E-state index is -3.64. The Morgan fingerprint density at radius 2 is 1.95 bits per heavy atom. The summed E-state index contributed by atoms with van der Waals surface area (Å²) in [6, 6.07) is 4.63. The van der Waals surface area contributed by atoms with Gasteiger partial charge in [0.05, 0.1) is 10.5 Å². The van der Waals surface area contributed by atoms with Crippen molar-refractivity contribution in [2.45, 2.75) is 17.7 Å². The molecule has 0 aromatic heterocycles. The summed E-state index contributed by atoms with van der Waals surface area (Å²) in [7, 11) is -3.64. The van der Waals surface area contributed by atoms with Crippen LogP contribution in [-0.2, 0) is 9.84 Å². The first-order chi connectivity index (χ1) is 9.49. The number of carboxylic acids is 1. The molecule has 1 aromatic carbocycles. The van der Waals surface area contributed by atoms with E-state index >= 15 is 0 Å². The number of carboxylic acid groups (broad SMARTS) is 1. The summed E-state index contributed by atoms with van der Waals surface area (Å²) >= 11 is 0. The molecule has 6 heteroatoms. The Kier molecular flexibility index (Phi) is 3.14. The maximum Gasteiger partial charge on any atom is 0.337 e. The summed E-state index contributed by atoms with van der Waals surface area (Å²) in [5.74, 6) is -1.21. The van der Waals surface area contributed by atoms with Crippen LogP contribution < -0.4 is 0 Å². The SMILES string of the molecule is O=C(O)c1cccc2c1S(=O)(=O)C=C2CN1CCCC1. The second kappa shape index (κ2) is 4.71. The largest absolute Gasteiger partial charge is 0.478 e. The fraction of sp³-hybridized carbons (Fsp3) is 0.357. The molecular weight excluding hydrogens is 278 g/mol. The van der Waals surface area contributed by atoms with E-state index in [1.807, 2.05) is 0 Å². The summed E-state index contributed by atoms with van der Waals surface area (Å²) in [5, 5.41) is 10.4. The third-order valence-electron chi connectivity index (χ3n) is 3.77. The number of carbonyl (C=O) groups is 1. The number of sulfone groups is 1. The first-order valence-corrected chi connectivity index (χ1v) is 8.08. The number of rotatable bonds is 3. The summed E-state index contributed by atoms with van der Waals surface area (Å²) in [5.41, 5.74) is 1.09. The zero-order chi connectivity index (χ0) is 14.3. The lowest BCUT2D eigenvalue weighted by atomic mass is 10.0. The minimum absolute atomic E-state index is 0.0540. The van der Waals surface area contributed by atoms with Gasteiger partial charge in [-0.1, -0.05) is 12.1 Å². The van der Waals surface area contributed by atoms with Crippen molar-refractivity contribution in [3.05, 3.63) is 34.7 Å². The average molecular weight is 293 g/mol. The second-order valence-electron chi connectivity index (χ2n) is 5.16. The van der Waals surface area contributed by atoms with Crippen LogP contribution >= 0.6 is 0 Å². The standard InChI is InChI=1S/C14H15NO4S/c16-14(17)12-5-3-4-11-10(8-15-6-1-2-7-15)9-20(18,19)13(11)12/h3-5,9H,1-2,6-8H2,(H,16,17). The molecule has 0 bridgehead atoms. The highest BCUT2D eigenvalue weighted by molar-refractivity contribution is 7.95. The number of aromatic carboxylic acids is 1. The third kappa shape index (κ3) is 2.14. The zero-order valence-electron chi connectivity index (χ0n) is 10.9. The Hall–Kier alpha value is -1.66. The monoisotopic (exact) mass is 293 g/mol. The lowest BCUT2D eigenvalue weighted by Crippen LogP contribution is -2.21. The van der Waals surface area contributed by atoms with E-state index in [-0.39, 0.29) is 10.5 Å². The quantitative estimate of drug-likeness (QED) is 0.916. The summed E-state index contributed by atoms with van der Waals surface area (Å²) in [4.78, 5) is 13.3. The van der Waals surface area contributed by atoms with Crippen molar-refractivity contribution < 1.29 is 18.3 Å². The van der Waals surface area contributed by atoms with Crippen LogP contribution in [0.5, 0.6) is 0 Å². The van der Waals surface area contributed by atoms with Crippen LogP contribution in [0.2, 0.25) is 0 Å². The van der Waals surface area contributed by atoms with Gasteiger partial charge in [0.25, 0.3) is 0 Å². The summed E-state index contributed by atoms with van der Waals surface area (Å²) in [6.45, 7) is 2.49. The Bertz CT molecular complexity index is 700. The van der Waals surface area contributed by atoms with Crippen molar-refractivity contribution in [1.82, 2.24) is 4.90 Å². The smallest absolute Gasteiger partial charge is 0.337 e. The second-order valence-corrected chi connectivity index (χ2v) is 6.89. The van der Waals surface area contributed by atoms with Crippen LogP contribution in [0.3, 0.4) is 0 Å². The number of hydrogen-bond acceptors (Lipinski definition) is 4. The minimum Gasteiger partial charge on any atom is -0.478 e. The highest BCUT2D eigenvalue weighted by Crippen LogP contribution is 2.36. The zero-order valence-corrected chi connectivity index (χ0v) is 11.7. The fourth-order valence-electron chi connectivity index (χ4n) is 2.88. The van der Waals surface area contributed by atoms with E-state index in [1.54, 1.807) is 12.1 Å². The van der Waals surface area contributed by atoms with Crippen LogP contribution in [0.15, 0.2) is 28.5 Å². The number of nitrogens with zero attached hydrogens (tertiary/aromatic N) is 1. The first-order valence-electron chi connectivity index (χ1n) is 6.54. The van der Waals surface area contributed by atoms with Crippen molar-refractivity contribution in [2.75, 3.05) is 19.6 Å². The summed E-state index contributed by atoms with van der Waals surface area (Å²) < 4.78 is 24.4. The Morgan fingerprint density at radius 1 is 1.25 bits per heavy atom. The van der Waals surface area contributed by atoms with Gasteiger partial charge in [-0.15, -0.1) is 0 Å². The predicted molar refractivity (Wildman–Crippen MR) is 74.2 cm³/mol. The first kappa shape index (κ1) is 13.3. The molecule has 1 saturated heterocycles. The molecule has 0 aliphatic carbocycles. The number of hydrogen-bond donors (Lipinski definition) is 1. The van der Waals surface area contributed by atoms with Crippen LogP contribution in [0.25, 0.3) is 5.57 Å². The molecule has 5 nitrogen and oxygen atoms in total. The maximum absolute atomic E-state index is 12.2. The van der Waals surface area contributed by atoms with Crippen LogP contribution in [0.1, 0.15) is 28.8 Å². The van der Waals surface area contributed by atoms with Crippen LogP contribution in [0, 0.1) is 0 Å². The van der Waals surface area contributed by atoms with Gasteiger partial charge in [0.15, 0.2) is 0 Å². The molecule has 0 radical (unpaired) electrons. The van der Waals surface area contributed by atoms with E-state index in [0.29, 0.717) is 17.7 Å². The molecule has 1 fully saturated rings. The topological polar surface area (TPSA) is 74.7 Å². The highest BCUT2D eigenvalue weighted by atomic mass is 32.2. The average Bonchev–Trinajstić information content (AvgIpc) is 2.97. The van der Waals surface area contributed by atoms with Gasteiger partial charge in [-0.25, -0.2) is 13.2 Å². The Morgan fingerprint density at radius 3 is 2.60 bits per heavy atom. The van der Waals surface area contributed by atoms with Crippen LogP contribution in [0.4, 0.5) is 0 Å². The molecule has 0 spiro atoms. The molecule has 2 heterocycles. The van der Waals surface area contributed by atoms with E-state index in [1.165, 1.54) is 11.5 Å². The van der Waals surface area contributed by atoms with Crippen molar-refractivity contribution in [2.24, 2.45) is 0 Å². The molecule has 2 aliphatic heterocycles. The van der Waals surface area contributed by atoms with Gasteiger partial charge < -0.3 is 5.11 Å². The van der Waals surface area contributed by atoms with Gasteiger partial charge in [0.1, 0.15) is 0 Å². The van der Waals surface area contributed by atoms with E-state index in [0.717, 1.165) is 25.9 Å². The lowest BCUT2D eigenvalue weighted by molar-refractivity contribution is 0.0692. The van der Waals surface area contributed by atoms with Gasteiger partial charge in [0, 0.05) is 12.0 Å². The van der Waals surface area contributed by atoms with Crippen molar-refractivity contribution in [1.29, 1.82) is 0 Å². The molecule has 0 saturated carbocycles. The molecule has 3 rings (SSSR count). The Balaban J connectivity index is 2.05. The third-order valence-corrected chi connectivity index (χ3v) is 5.37. The van der Waals surface area contributed by atoms with Gasteiger partial charge in [-0.05, 0) is 43.1 Å². The molecule has 1 aromatic rings. The molecule has 106 valence electrons. The molecule has 20 heavy (non-hydrogen) atoms. The van der Waals surface area contributed by atoms with Crippen molar-refractivity contribution in [3.63, 3.8) is 0 Å². The normalized spacial score (nSPS) is 20.7. The predicted octanol–water partition coefficient (Wildman–Crippen LogP) is 1.61. The lowest BCUT2D eigenvalue weighted by Gasteiger charge is -2.15. The van der Waals surface area contributed by atoms with Gasteiger partial charge >= 0.3 is 5.97 Å². The Labute approximate surface area is 117 Å².